The van der Waals surface area contributed by atoms with Crippen LogP contribution in [-0.4, -0.2) is 34.3 Å². The second kappa shape index (κ2) is 8.73. The topological polar surface area (TPSA) is 94.7 Å². The van der Waals surface area contributed by atoms with Crippen LogP contribution in [0.4, 0.5) is 11.4 Å². The number of likely N-dealkylation sites (N-methyl/N-ethyl adjacent to an activating group) is 1. The molecule has 1 heterocycles. The van der Waals surface area contributed by atoms with Crippen LogP contribution in [-0.2, 0) is 4.79 Å². The molecule has 0 aliphatic rings. The first-order valence-electron chi connectivity index (χ1n) is 10.5. The van der Waals surface area contributed by atoms with Crippen LogP contribution in [0, 0.1) is 0 Å². The molecule has 168 valence electrons. The Balaban J connectivity index is 1.80. The molecule has 0 spiro atoms. The fraction of sp³-hybridized carbons (Fsp3) is 0.154. The third kappa shape index (κ3) is 4.62. The van der Waals surface area contributed by atoms with Gasteiger partial charge in [-0.15, -0.1) is 0 Å². The molecule has 0 saturated carbocycles. The molecule has 0 radical (unpaired) electrons. The Bertz CT molecular complexity index is 1340. The Morgan fingerprint density at radius 1 is 1.06 bits per heavy atom. The molecule has 1 aromatic heterocycles. The van der Waals surface area contributed by atoms with Gasteiger partial charge in [-0.25, -0.2) is 4.99 Å². The highest BCUT2D eigenvalue weighted by Gasteiger charge is 2.26. The van der Waals surface area contributed by atoms with Crippen molar-refractivity contribution in [3.05, 3.63) is 88.9 Å². The number of amides is 1. The largest absolute Gasteiger partial charge is 0.494 e. The fourth-order valence-corrected chi connectivity index (χ4v) is 3.86. The maximum absolute atomic E-state index is 12.5. The zero-order valence-electron chi connectivity index (χ0n) is 18.6. The maximum atomic E-state index is 12.5. The molecule has 0 fully saturated rings. The molecule has 7 heteroatoms. The Morgan fingerprint density at radius 3 is 2.36 bits per heavy atom. The lowest BCUT2D eigenvalue weighted by atomic mass is 10.0. The average molecular weight is 461 g/mol. The Labute approximate surface area is 197 Å². The lowest BCUT2D eigenvalue weighted by Gasteiger charge is -2.25. The minimum absolute atomic E-state index is 0.0157. The van der Waals surface area contributed by atoms with E-state index in [9.17, 15) is 9.90 Å². The van der Waals surface area contributed by atoms with Gasteiger partial charge in [-0.3, -0.25) is 4.79 Å². The summed E-state index contributed by atoms with van der Waals surface area (Å²) in [6, 6.07) is 22.4. The van der Waals surface area contributed by atoms with Crippen LogP contribution in [0.3, 0.4) is 0 Å². The van der Waals surface area contributed by atoms with E-state index in [2.05, 4.69) is 4.98 Å². The van der Waals surface area contributed by atoms with Crippen molar-refractivity contribution < 1.29 is 9.90 Å². The highest BCUT2D eigenvalue weighted by molar-refractivity contribution is 6.31. The van der Waals surface area contributed by atoms with E-state index in [1.807, 2.05) is 60.7 Å². The van der Waals surface area contributed by atoms with E-state index in [-0.39, 0.29) is 11.8 Å². The number of nitrogens with zero attached hydrogens (tertiary/aromatic N) is 2. The van der Waals surface area contributed by atoms with E-state index < -0.39 is 5.54 Å². The van der Waals surface area contributed by atoms with Crippen LogP contribution in [0.25, 0.3) is 10.9 Å². The third-order valence-corrected chi connectivity index (χ3v) is 5.59. The minimum atomic E-state index is -0.970. The van der Waals surface area contributed by atoms with Crippen molar-refractivity contribution in [3.8, 4) is 5.88 Å². The van der Waals surface area contributed by atoms with Crippen LogP contribution >= 0.6 is 11.6 Å². The van der Waals surface area contributed by atoms with E-state index in [1.165, 1.54) is 4.90 Å². The van der Waals surface area contributed by atoms with Gasteiger partial charge in [-0.1, -0.05) is 48.0 Å². The number of carbonyl (C=O) groups is 1. The van der Waals surface area contributed by atoms with Crippen LogP contribution in [0.2, 0.25) is 5.02 Å². The number of fused-ring (bicyclic) bond motifs is 1. The number of aromatic hydroxyl groups is 1. The van der Waals surface area contributed by atoms with Gasteiger partial charge in [0.05, 0.1) is 28.0 Å². The molecule has 3 aromatic carbocycles. The molecule has 0 atom stereocenters. The van der Waals surface area contributed by atoms with Gasteiger partial charge < -0.3 is 20.7 Å². The van der Waals surface area contributed by atoms with E-state index in [4.69, 9.17) is 22.3 Å². The van der Waals surface area contributed by atoms with E-state index in [0.29, 0.717) is 27.7 Å². The Kier molecular flexibility index (Phi) is 5.97. The molecule has 0 bridgehead atoms. The monoisotopic (exact) mass is 460 g/mol. The van der Waals surface area contributed by atoms with Gasteiger partial charge >= 0.3 is 0 Å². The molecule has 4 rings (SSSR count). The molecule has 6 nitrogen and oxygen atoms in total. The number of aromatic amines is 1. The number of halogens is 1. The summed E-state index contributed by atoms with van der Waals surface area (Å²) in [5, 5.41) is 12.1. The van der Waals surface area contributed by atoms with Crippen LogP contribution < -0.4 is 10.6 Å². The zero-order chi connectivity index (χ0) is 23.8. The van der Waals surface area contributed by atoms with Crippen molar-refractivity contribution >= 4 is 45.5 Å². The maximum Gasteiger partial charge on any atom is 0.246 e. The van der Waals surface area contributed by atoms with Gasteiger partial charge in [0, 0.05) is 28.7 Å². The van der Waals surface area contributed by atoms with E-state index in [1.54, 1.807) is 33.0 Å². The van der Waals surface area contributed by atoms with Crippen molar-refractivity contribution in [3.63, 3.8) is 0 Å². The van der Waals surface area contributed by atoms with Crippen molar-refractivity contribution in [2.75, 3.05) is 11.9 Å². The summed E-state index contributed by atoms with van der Waals surface area (Å²) in [7, 11) is 1.69. The van der Waals surface area contributed by atoms with Gasteiger partial charge in [-0.05, 0) is 50.2 Å². The SMILES string of the molecule is CN(C(=O)C(C)(C)N)c1ccc(N=C(c2ccccc2)c2c(O)[nH]c3cc(Cl)ccc23)cc1. The predicted molar refractivity (Wildman–Crippen MR) is 135 cm³/mol. The summed E-state index contributed by atoms with van der Waals surface area (Å²) in [6.07, 6.45) is 0. The number of rotatable bonds is 5. The van der Waals surface area contributed by atoms with Crippen molar-refractivity contribution in [2.24, 2.45) is 10.7 Å². The highest BCUT2D eigenvalue weighted by atomic mass is 35.5. The molecule has 4 N–H and O–H groups in total. The number of benzene rings is 3. The van der Waals surface area contributed by atoms with E-state index >= 15 is 0 Å². The van der Waals surface area contributed by atoms with Crippen LogP contribution in [0.5, 0.6) is 5.88 Å². The quantitative estimate of drug-likeness (QED) is 0.348. The van der Waals surface area contributed by atoms with Crippen molar-refractivity contribution in [2.45, 2.75) is 19.4 Å². The molecule has 0 unspecified atom stereocenters. The second-order valence-corrected chi connectivity index (χ2v) is 8.90. The smallest absolute Gasteiger partial charge is 0.246 e. The van der Waals surface area contributed by atoms with Gasteiger partial charge in [0.25, 0.3) is 0 Å². The van der Waals surface area contributed by atoms with Crippen LogP contribution in [0.15, 0.2) is 77.8 Å². The first kappa shape index (κ1) is 22.6. The normalized spacial score (nSPS) is 12.2. The predicted octanol–water partition coefficient (Wildman–Crippen LogP) is 5.40. The first-order chi connectivity index (χ1) is 15.6. The minimum Gasteiger partial charge on any atom is -0.494 e. The number of hydrogen-bond acceptors (Lipinski definition) is 4. The summed E-state index contributed by atoms with van der Waals surface area (Å²) in [4.78, 5) is 21.9. The molecule has 0 saturated heterocycles. The zero-order valence-corrected chi connectivity index (χ0v) is 19.4. The number of H-pyrrole nitrogens is 1. The molecule has 33 heavy (non-hydrogen) atoms. The lowest BCUT2D eigenvalue weighted by Crippen LogP contribution is -2.49. The highest BCUT2D eigenvalue weighted by Crippen LogP contribution is 2.33. The molecular formula is C26H25ClN4O2. The summed E-state index contributed by atoms with van der Waals surface area (Å²) in [6.45, 7) is 3.36. The number of hydrogen-bond donors (Lipinski definition) is 3. The third-order valence-electron chi connectivity index (χ3n) is 5.36. The lowest BCUT2D eigenvalue weighted by molar-refractivity contribution is -0.122. The molecule has 4 aromatic rings. The molecular weight excluding hydrogens is 436 g/mol. The fourth-order valence-electron chi connectivity index (χ4n) is 3.69. The average Bonchev–Trinajstić information content (AvgIpc) is 3.11. The number of aromatic nitrogens is 1. The summed E-state index contributed by atoms with van der Waals surface area (Å²) >= 11 is 6.13. The van der Waals surface area contributed by atoms with Crippen molar-refractivity contribution in [1.82, 2.24) is 4.98 Å². The number of aliphatic imine (C=N–C) groups is 1. The Hall–Kier alpha value is -3.61. The summed E-state index contributed by atoms with van der Waals surface area (Å²) in [5.74, 6) is -0.173. The second-order valence-electron chi connectivity index (χ2n) is 8.47. The molecule has 1 amide bonds. The molecule has 0 aliphatic carbocycles. The number of nitrogens with one attached hydrogen (secondary N) is 1. The first-order valence-corrected chi connectivity index (χ1v) is 10.8. The van der Waals surface area contributed by atoms with Gasteiger partial charge in [0.15, 0.2) is 5.88 Å². The van der Waals surface area contributed by atoms with Gasteiger partial charge in [0.1, 0.15) is 0 Å². The standard InChI is InChI=1S/C26H25ClN4O2/c1-26(2,28)25(33)31(3)19-12-10-18(11-13-19)29-23(16-7-5-4-6-8-16)22-20-14-9-17(27)15-21(20)30-24(22)32/h4-15,30,32H,28H2,1-3H3. The number of carbonyl (C=O) groups excluding carboxylic acids is 1. The van der Waals surface area contributed by atoms with Crippen LogP contribution in [0.1, 0.15) is 25.0 Å². The van der Waals surface area contributed by atoms with Gasteiger partial charge in [0.2, 0.25) is 5.91 Å². The Morgan fingerprint density at radius 2 is 1.73 bits per heavy atom. The van der Waals surface area contributed by atoms with E-state index in [0.717, 1.165) is 16.5 Å². The number of nitrogens with two attached hydrogens (primary N) is 1. The summed E-state index contributed by atoms with van der Waals surface area (Å²) < 4.78 is 0. The van der Waals surface area contributed by atoms with Gasteiger partial charge in [-0.2, -0.15) is 0 Å². The number of anilines is 1. The molecule has 0 aliphatic heterocycles. The summed E-state index contributed by atoms with van der Waals surface area (Å²) in [5.41, 5.74) is 9.15. The van der Waals surface area contributed by atoms with Crippen molar-refractivity contribution in [1.29, 1.82) is 0 Å².